The molecule has 64 valence electrons. The Balaban J connectivity index is 2.45. The molecule has 1 aliphatic rings. The first-order chi connectivity index (χ1) is 5.58. The zero-order valence-corrected chi connectivity index (χ0v) is 8.20. The molecule has 0 spiro atoms. The van der Waals surface area contributed by atoms with Gasteiger partial charge in [0.2, 0.25) is 0 Å². The Morgan fingerprint density at radius 2 is 2.08 bits per heavy atom. The van der Waals surface area contributed by atoms with Crippen LogP contribution in [0, 0.1) is 5.41 Å². The van der Waals surface area contributed by atoms with E-state index in [2.05, 4.69) is 19.2 Å². The molecule has 0 fully saturated rings. The fourth-order valence-corrected chi connectivity index (χ4v) is 2.67. The van der Waals surface area contributed by atoms with Crippen molar-refractivity contribution in [3.63, 3.8) is 0 Å². The minimum Gasteiger partial charge on any atom is -0.294 e. The Morgan fingerprint density at radius 1 is 1.33 bits per heavy atom. The third-order valence-corrected chi connectivity index (χ3v) is 3.14. The highest BCUT2D eigenvalue weighted by Crippen LogP contribution is 2.35. The van der Waals surface area contributed by atoms with Crippen LogP contribution in [0.2, 0.25) is 0 Å². The molecule has 0 atom stereocenters. The van der Waals surface area contributed by atoms with Crippen LogP contribution in [-0.4, -0.2) is 5.78 Å². The number of ketones is 1. The first-order valence-electron chi connectivity index (χ1n) is 4.17. The van der Waals surface area contributed by atoms with Crippen molar-refractivity contribution in [3.05, 3.63) is 21.9 Å². The van der Waals surface area contributed by atoms with E-state index < -0.39 is 0 Å². The molecule has 0 unspecified atom stereocenters. The number of hydrogen-bond acceptors (Lipinski definition) is 2. The van der Waals surface area contributed by atoms with Crippen LogP contribution >= 0.6 is 11.3 Å². The van der Waals surface area contributed by atoms with Crippen LogP contribution in [0.25, 0.3) is 0 Å². The third-order valence-electron chi connectivity index (χ3n) is 2.35. The van der Waals surface area contributed by atoms with Gasteiger partial charge in [0.05, 0.1) is 0 Å². The van der Waals surface area contributed by atoms with Gasteiger partial charge in [-0.05, 0) is 22.8 Å². The normalized spacial score (nSPS) is 20.7. The summed E-state index contributed by atoms with van der Waals surface area (Å²) >= 11 is 1.64. The largest absolute Gasteiger partial charge is 0.294 e. The Hall–Kier alpha value is -0.630. The highest BCUT2D eigenvalue weighted by atomic mass is 32.1. The Morgan fingerprint density at radius 3 is 2.83 bits per heavy atom. The van der Waals surface area contributed by atoms with Gasteiger partial charge in [0.25, 0.3) is 0 Å². The van der Waals surface area contributed by atoms with Crippen molar-refractivity contribution in [3.8, 4) is 0 Å². The first kappa shape index (κ1) is 7.99. The highest BCUT2D eigenvalue weighted by Gasteiger charge is 2.30. The molecule has 0 saturated heterocycles. The van der Waals surface area contributed by atoms with Gasteiger partial charge in [-0.25, -0.2) is 0 Å². The van der Waals surface area contributed by atoms with Crippen molar-refractivity contribution in [2.75, 3.05) is 0 Å². The van der Waals surface area contributed by atoms with E-state index in [9.17, 15) is 4.79 Å². The van der Waals surface area contributed by atoms with Crippen molar-refractivity contribution in [2.24, 2.45) is 5.41 Å². The van der Waals surface area contributed by atoms with Gasteiger partial charge < -0.3 is 0 Å². The standard InChI is InChI=1S/C10H12OS/c1-10(2)3-7-5-12-6-8(7)9(11)4-10/h5-6H,3-4H2,1-2H3. The van der Waals surface area contributed by atoms with Gasteiger partial charge in [-0.15, -0.1) is 0 Å². The lowest BCUT2D eigenvalue weighted by molar-refractivity contribution is 0.0913. The molecular formula is C10H12OS. The molecule has 0 aromatic carbocycles. The molecule has 1 aromatic heterocycles. The molecule has 1 aliphatic carbocycles. The molecule has 1 aromatic rings. The monoisotopic (exact) mass is 180 g/mol. The topological polar surface area (TPSA) is 17.1 Å². The molecule has 0 amide bonds. The van der Waals surface area contributed by atoms with E-state index in [-0.39, 0.29) is 5.41 Å². The lowest BCUT2D eigenvalue weighted by Crippen LogP contribution is -2.25. The lowest BCUT2D eigenvalue weighted by Gasteiger charge is -2.28. The second-order valence-electron chi connectivity index (χ2n) is 4.25. The molecule has 12 heavy (non-hydrogen) atoms. The van der Waals surface area contributed by atoms with Gasteiger partial charge in [0.1, 0.15) is 0 Å². The van der Waals surface area contributed by atoms with Crippen molar-refractivity contribution >= 4 is 17.1 Å². The fraction of sp³-hybridized carbons (Fsp3) is 0.500. The summed E-state index contributed by atoms with van der Waals surface area (Å²) in [5, 5.41) is 4.08. The van der Waals surface area contributed by atoms with Crippen LogP contribution in [-0.2, 0) is 6.42 Å². The van der Waals surface area contributed by atoms with E-state index in [1.165, 1.54) is 5.56 Å². The molecule has 0 aliphatic heterocycles. The average molecular weight is 180 g/mol. The summed E-state index contributed by atoms with van der Waals surface area (Å²) in [5.74, 6) is 0.322. The average Bonchev–Trinajstić information content (AvgIpc) is 2.31. The zero-order chi connectivity index (χ0) is 8.77. The lowest BCUT2D eigenvalue weighted by atomic mass is 9.75. The molecular weight excluding hydrogens is 168 g/mol. The second-order valence-corrected chi connectivity index (χ2v) is 5.00. The zero-order valence-electron chi connectivity index (χ0n) is 7.39. The van der Waals surface area contributed by atoms with E-state index >= 15 is 0 Å². The minimum atomic E-state index is 0.172. The molecule has 2 heteroatoms. The predicted molar refractivity (Wildman–Crippen MR) is 50.8 cm³/mol. The Kier molecular flexibility index (Phi) is 1.62. The molecule has 0 bridgehead atoms. The first-order valence-corrected chi connectivity index (χ1v) is 5.11. The molecule has 1 nitrogen and oxygen atoms in total. The van der Waals surface area contributed by atoms with Crippen LogP contribution in [0.4, 0.5) is 0 Å². The van der Waals surface area contributed by atoms with E-state index in [1.54, 1.807) is 11.3 Å². The van der Waals surface area contributed by atoms with Crippen LogP contribution in [0.1, 0.15) is 36.2 Å². The number of Topliss-reactive ketones (excluding diaryl/α,β-unsaturated/α-hetero) is 1. The van der Waals surface area contributed by atoms with Crippen molar-refractivity contribution in [1.29, 1.82) is 0 Å². The predicted octanol–water partition coefficient (Wildman–Crippen LogP) is 2.90. The van der Waals surface area contributed by atoms with E-state index in [0.717, 1.165) is 12.0 Å². The fourth-order valence-electron chi connectivity index (χ4n) is 1.81. The summed E-state index contributed by atoms with van der Waals surface area (Å²) in [6.45, 7) is 4.32. The van der Waals surface area contributed by atoms with Crippen molar-refractivity contribution < 1.29 is 4.79 Å². The minimum absolute atomic E-state index is 0.172. The molecule has 0 N–H and O–H groups in total. The highest BCUT2D eigenvalue weighted by molar-refractivity contribution is 7.08. The van der Waals surface area contributed by atoms with Crippen molar-refractivity contribution in [1.82, 2.24) is 0 Å². The molecule has 0 saturated carbocycles. The summed E-state index contributed by atoms with van der Waals surface area (Å²) in [5.41, 5.74) is 2.39. The number of carbonyl (C=O) groups is 1. The summed E-state index contributed by atoms with van der Waals surface area (Å²) in [6, 6.07) is 0. The summed E-state index contributed by atoms with van der Waals surface area (Å²) in [6.07, 6.45) is 1.76. The SMILES string of the molecule is CC1(C)CC(=O)c2cscc2C1. The number of fused-ring (bicyclic) bond motifs is 1. The Bertz CT molecular complexity index is 322. The van der Waals surface area contributed by atoms with Gasteiger partial charge in [-0.2, -0.15) is 11.3 Å². The van der Waals surface area contributed by atoms with Crippen LogP contribution in [0.5, 0.6) is 0 Å². The smallest absolute Gasteiger partial charge is 0.164 e. The summed E-state index contributed by atoms with van der Waals surface area (Å²) in [4.78, 5) is 11.6. The maximum atomic E-state index is 11.6. The quantitative estimate of drug-likeness (QED) is 0.600. The van der Waals surface area contributed by atoms with Crippen molar-refractivity contribution in [2.45, 2.75) is 26.7 Å². The van der Waals surface area contributed by atoms with Gasteiger partial charge >= 0.3 is 0 Å². The van der Waals surface area contributed by atoms with Gasteiger partial charge in [0.15, 0.2) is 5.78 Å². The van der Waals surface area contributed by atoms with Gasteiger partial charge in [-0.1, -0.05) is 13.8 Å². The maximum Gasteiger partial charge on any atom is 0.164 e. The van der Waals surface area contributed by atoms with Crippen LogP contribution in [0.15, 0.2) is 10.8 Å². The number of hydrogen-bond donors (Lipinski definition) is 0. The number of thiophene rings is 1. The molecule has 0 radical (unpaired) electrons. The molecule has 1 heterocycles. The Labute approximate surface area is 76.4 Å². The van der Waals surface area contributed by atoms with Gasteiger partial charge in [-0.3, -0.25) is 4.79 Å². The van der Waals surface area contributed by atoms with E-state index in [4.69, 9.17) is 0 Å². The third kappa shape index (κ3) is 1.20. The number of carbonyl (C=O) groups excluding carboxylic acids is 1. The van der Waals surface area contributed by atoms with E-state index in [1.807, 2.05) is 5.38 Å². The molecule has 2 rings (SSSR count). The number of rotatable bonds is 0. The second kappa shape index (κ2) is 2.43. The van der Waals surface area contributed by atoms with Crippen LogP contribution < -0.4 is 0 Å². The van der Waals surface area contributed by atoms with E-state index in [0.29, 0.717) is 12.2 Å². The van der Waals surface area contributed by atoms with Crippen LogP contribution in [0.3, 0.4) is 0 Å². The summed E-state index contributed by atoms with van der Waals surface area (Å²) in [7, 11) is 0. The maximum absolute atomic E-state index is 11.6. The van der Waals surface area contributed by atoms with Gasteiger partial charge in [0, 0.05) is 17.4 Å². The summed E-state index contributed by atoms with van der Waals surface area (Å²) < 4.78 is 0.